The lowest BCUT2D eigenvalue weighted by Crippen LogP contribution is -2.23. The van der Waals surface area contributed by atoms with Gasteiger partial charge in [-0.2, -0.15) is 0 Å². The normalized spacial score (nSPS) is 18.1. The van der Waals surface area contributed by atoms with Crippen LogP contribution in [0.25, 0.3) is 0 Å². The van der Waals surface area contributed by atoms with Gasteiger partial charge in [-0.3, -0.25) is 9.59 Å². The summed E-state index contributed by atoms with van der Waals surface area (Å²) in [6, 6.07) is 5.62. The zero-order valence-corrected chi connectivity index (χ0v) is 10.6. The average Bonchev–Trinajstić information content (AvgIpc) is 2.40. The van der Waals surface area contributed by atoms with Crippen molar-refractivity contribution in [1.29, 1.82) is 0 Å². The fourth-order valence-electron chi connectivity index (χ4n) is 2.44. The van der Waals surface area contributed by atoms with E-state index >= 15 is 0 Å². The van der Waals surface area contributed by atoms with Gasteiger partial charge in [0, 0.05) is 6.42 Å². The van der Waals surface area contributed by atoms with Crippen LogP contribution in [-0.2, 0) is 20.7 Å². The highest BCUT2D eigenvalue weighted by atomic mass is 16.5. The molecule has 2 rings (SSSR count). The summed E-state index contributed by atoms with van der Waals surface area (Å²) in [6.45, 7) is 0. The summed E-state index contributed by atoms with van der Waals surface area (Å²) in [5.74, 6) is 0.135. The van der Waals surface area contributed by atoms with E-state index in [4.69, 9.17) is 4.74 Å². The van der Waals surface area contributed by atoms with Crippen molar-refractivity contribution in [1.82, 2.24) is 0 Å². The summed E-state index contributed by atoms with van der Waals surface area (Å²) in [5, 5.41) is 0. The molecule has 0 unspecified atom stereocenters. The monoisotopic (exact) mass is 248 g/mol. The first-order valence-corrected chi connectivity index (χ1v) is 5.92. The molecule has 4 nitrogen and oxygen atoms in total. The van der Waals surface area contributed by atoms with Gasteiger partial charge in [-0.1, -0.05) is 12.1 Å². The topological polar surface area (TPSA) is 52.6 Å². The van der Waals surface area contributed by atoms with Gasteiger partial charge in [0.1, 0.15) is 11.5 Å². The van der Waals surface area contributed by atoms with E-state index in [2.05, 4.69) is 4.74 Å². The number of carbonyl (C=O) groups excluding carboxylic acids is 2. The van der Waals surface area contributed by atoms with Crippen LogP contribution in [0, 0.1) is 0 Å². The predicted octanol–water partition coefficient (Wildman–Crippen LogP) is 1.86. The van der Waals surface area contributed by atoms with E-state index in [-0.39, 0.29) is 18.2 Å². The summed E-state index contributed by atoms with van der Waals surface area (Å²) in [4.78, 5) is 23.3. The summed E-state index contributed by atoms with van der Waals surface area (Å²) in [7, 11) is 2.95. The number of carbonyl (C=O) groups is 2. The maximum Gasteiger partial charge on any atom is 0.306 e. The molecule has 1 aliphatic carbocycles. The van der Waals surface area contributed by atoms with Crippen LogP contribution in [0.4, 0.5) is 0 Å². The van der Waals surface area contributed by atoms with Crippen LogP contribution in [-0.4, -0.2) is 26.0 Å². The molecule has 4 heteroatoms. The van der Waals surface area contributed by atoms with Crippen LogP contribution in [0.15, 0.2) is 18.2 Å². The Labute approximate surface area is 106 Å². The zero-order valence-electron chi connectivity index (χ0n) is 10.6. The Bertz CT molecular complexity index is 479. The molecule has 0 spiro atoms. The number of hydrogen-bond donors (Lipinski definition) is 0. The molecule has 1 aromatic carbocycles. The van der Waals surface area contributed by atoms with Gasteiger partial charge in [0.15, 0.2) is 0 Å². The van der Waals surface area contributed by atoms with E-state index in [1.54, 1.807) is 7.11 Å². The molecule has 0 aromatic heterocycles. The summed E-state index contributed by atoms with van der Waals surface area (Å²) in [6.07, 6.45) is 1.24. The molecular formula is C14H16O4. The molecule has 0 bridgehead atoms. The Kier molecular flexibility index (Phi) is 3.65. The highest BCUT2D eigenvalue weighted by molar-refractivity contribution is 5.92. The fraction of sp³-hybridized carbons (Fsp3) is 0.429. The van der Waals surface area contributed by atoms with Crippen LogP contribution in [0.5, 0.6) is 5.75 Å². The third-order valence-corrected chi connectivity index (χ3v) is 3.37. The molecule has 0 radical (unpaired) electrons. The Hall–Kier alpha value is -1.84. The average molecular weight is 248 g/mol. The molecule has 0 aliphatic heterocycles. The minimum Gasteiger partial charge on any atom is -0.496 e. The number of Topliss-reactive ketones (excluding diaryl/α,β-unsaturated/α-hetero) is 1. The minimum atomic E-state index is -0.392. The van der Waals surface area contributed by atoms with Crippen LogP contribution in [0.3, 0.4) is 0 Å². The Morgan fingerprint density at radius 3 is 2.78 bits per heavy atom. The molecule has 1 aromatic rings. The Balaban J connectivity index is 2.38. The van der Waals surface area contributed by atoms with Crippen molar-refractivity contribution in [3.05, 3.63) is 29.3 Å². The number of benzene rings is 1. The van der Waals surface area contributed by atoms with E-state index in [0.717, 1.165) is 16.9 Å². The maximum absolute atomic E-state index is 12.0. The van der Waals surface area contributed by atoms with Crippen molar-refractivity contribution in [2.24, 2.45) is 0 Å². The van der Waals surface area contributed by atoms with Crippen molar-refractivity contribution in [3.8, 4) is 5.75 Å². The lowest BCUT2D eigenvalue weighted by molar-refractivity contribution is -0.142. The molecule has 0 amide bonds. The molecule has 96 valence electrons. The predicted molar refractivity (Wildman–Crippen MR) is 65.7 cm³/mol. The largest absolute Gasteiger partial charge is 0.496 e. The van der Waals surface area contributed by atoms with Crippen molar-refractivity contribution >= 4 is 11.8 Å². The molecule has 1 atom stereocenters. The molecule has 0 heterocycles. The van der Waals surface area contributed by atoms with Gasteiger partial charge in [-0.05, 0) is 23.6 Å². The number of hydrogen-bond acceptors (Lipinski definition) is 4. The second kappa shape index (κ2) is 5.21. The van der Waals surface area contributed by atoms with E-state index in [9.17, 15) is 9.59 Å². The van der Waals surface area contributed by atoms with Crippen LogP contribution >= 0.6 is 0 Å². The first-order valence-electron chi connectivity index (χ1n) is 5.92. The number of methoxy groups -OCH3 is 2. The van der Waals surface area contributed by atoms with Gasteiger partial charge in [-0.15, -0.1) is 0 Å². The summed E-state index contributed by atoms with van der Waals surface area (Å²) in [5.41, 5.74) is 1.93. The summed E-state index contributed by atoms with van der Waals surface area (Å²) >= 11 is 0. The van der Waals surface area contributed by atoms with Crippen LogP contribution in [0.1, 0.15) is 29.9 Å². The zero-order chi connectivity index (χ0) is 13.1. The molecule has 0 N–H and O–H groups in total. The highest BCUT2D eigenvalue weighted by Crippen LogP contribution is 2.36. The SMILES string of the molecule is COC(=O)C[C@@H]1C(=O)CCc2c(OC)cccc21. The maximum atomic E-state index is 12.0. The smallest absolute Gasteiger partial charge is 0.306 e. The van der Waals surface area contributed by atoms with E-state index in [1.807, 2.05) is 18.2 Å². The third-order valence-electron chi connectivity index (χ3n) is 3.37. The van der Waals surface area contributed by atoms with Crippen LogP contribution < -0.4 is 4.74 Å². The lowest BCUT2D eigenvalue weighted by atomic mass is 9.80. The number of fused-ring (bicyclic) bond motifs is 1. The first-order chi connectivity index (χ1) is 8.67. The Morgan fingerprint density at radius 2 is 2.11 bits per heavy atom. The minimum absolute atomic E-state index is 0.0983. The second-order valence-electron chi connectivity index (χ2n) is 4.33. The number of ketones is 1. The molecule has 0 saturated heterocycles. The number of ether oxygens (including phenoxy) is 2. The van der Waals surface area contributed by atoms with Gasteiger partial charge in [0.25, 0.3) is 0 Å². The molecular weight excluding hydrogens is 232 g/mol. The van der Waals surface area contributed by atoms with E-state index in [0.29, 0.717) is 12.8 Å². The summed E-state index contributed by atoms with van der Waals surface area (Å²) < 4.78 is 9.95. The van der Waals surface area contributed by atoms with E-state index < -0.39 is 5.92 Å². The quantitative estimate of drug-likeness (QED) is 0.766. The van der Waals surface area contributed by atoms with E-state index in [1.165, 1.54) is 7.11 Å². The van der Waals surface area contributed by atoms with Crippen molar-refractivity contribution < 1.29 is 19.1 Å². The van der Waals surface area contributed by atoms with Gasteiger partial charge in [-0.25, -0.2) is 0 Å². The van der Waals surface area contributed by atoms with Crippen molar-refractivity contribution in [2.45, 2.75) is 25.2 Å². The lowest BCUT2D eigenvalue weighted by Gasteiger charge is -2.25. The Morgan fingerprint density at radius 1 is 1.33 bits per heavy atom. The second-order valence-corrected chi connectivity index (χ2v) is 4.33. The molecule has 1 aliphatic rings. The molecule has 0 saturated carbocycles. The number of rotatable bonds is 3. The fourth-order valence-corrected chi connectivity index (χ4v) is 2.44. The standard InChI is InChI=1S/C14H16O4/c1-17-13-5-3-4-9-10(13)6-7-12(15)11(9)8-14(16)18-2/h3-5,11H,6-8H2,1-2H3/t11-/m0/s1. The van der Waals surface area contributed by atoms with Crippen LogP contribution in [0.2, 0.25) is 0 Å². The van der Waals surface area contributed by atoms with Gasteiger partial charge in [0.2, 0.25) is 0 Å². The molecule has 0 fully saturated rings. The van der Waals surface area contributed by atoms with Crippen molar-refractivity contribution in [2.75, 3.05) is 14.2 Å². The van der Waals surface area contributed by atoms with Crippen molar-refractivity contribution in [3.63, 3.8) is 0 Å². The number of esters is 1. The molecule has 18 heavy (non-hydrogen) atoms. The van der Waals surface area contributed by atoms with Gasteiger partial charge >= 0.3 is 5.97 Å². The first kappa shape index (κ1) is 12.6. The highest BCUT2D eigenvalue weighted by Gasteiger charge is 2.31. The third kappa shape index (κ3) is 2.23. The van der Waals surface area contributed by atoms with Gasteiger partial charge in [0.05, 0.1) is 26.6 Å². The van der Waals surface area contributed by atoms with Gasteiger partial charge < -0.3 is 9.47 Å².